The van der Waals surface area contributed by atoms with E-state index in [4.69, 9.17) is 16.3 Å². The highest BCUT2D eigenvalue weighted by molar-refractivity contribution is 6.30. The van der Waals surface area contributed by atoms with Gasteiger partial charge in [0, 0.05) is 17.0 Å². The molecule has 1 aliphatic rings. The van der Waals surface area contributed by atoms with Gasteiger partial charge in [-0.15, -0.1) is 0 Å². The summed E-state index contributed by atoms with van der Waals surface area (Å²) < 4.78 is 5.29. The van der Waals surface area contributed by atoms with Crippen molar-refractivity contribution in [3.8, 4) is 5.75 Å². The predicted octanol–water partition coefficient (Wildman–Crippen LogP) is 2.99. The molecule has 1 atom stereocenters. The molecule has 4 heteroatoms. The van der Waals surface area contributed by atoms with Crippen LogP contribution in [-0.2, 0) is 11.2 Å². The Morgan fingerprint density at radius 3 is 2.89 bits per heavy atom. The number of hydrogen-bond acceptors (Lipinski definition) is 3. The zero-order valence-corrected chi connectivity index (χ0v) is 12.2. The number of nitrogens with one attached hydrogen (secondary N) is 1. The fraction of sp³-hybridized carbons (Fsp3) is 0.533. The Kier molecular flexibility index (Phi) is 4.48. The van der Waals surface area contributed by atoms with Gasteiger partial charge >= 0.3 is 0 Å². The molecule has 1 aromatic rings. The molecule has 2 rings (SSSR count). The Bertz CT molecular complexity index is 467. The molecule has 1 aliphatic heterocycles. The third-order valence-electron chi connectivity index (χ3n) is 3.83. The molecule has 0 saturated carbocycles. The lowest BCUT2D eigenvalue weighted by Gasteiger charge is -2.33. The molecule has 0 amide bonds. The largest absolute Gasteiger partial charge is 0.496 e. The molecule has 1 fully saturated rings. The SMILES string of the molecule is COc1ccc(Cl)cc1CC(=O)C1(C)CCCCN1. The highest BCUT2D eigenvalue weighted by Gasteiger charge is 2.34. The number of ketones is 1. The fourth-order valence-electron chi connectivity index (χ4n) is 2.55. The minimum atomic E-state index is -0.411. The first-order valence-electron chi connectivity index (χ1n) is 6.66. The normalized spacial score (nSPS) is 23.1. The molecule has 1 heterocycles. The Balaban J connectivity index is 2.16. The van der Waals surface area contributed by atoms with Crippen LogP contribution in [0.2, 0.25) is 5.02 Å². The van der Waals surface area contributed by atoms with E-state index < -0.39 is 5.54 Å². The maximum atomic E-state index is 12.5. The van der Waals surface area contributed by atoms with Crippen molar-refractivity contribution in [2.24, 2.45) is 0 Å². The Labute approximate surface area is 119 Å². The zero-order chi connectivity index (χ0) is 13.9. The molecule has 1 N–H and O–H groups in total. The molecule has 0 aliphatic carbocycles. The zero-order valence-electron chi connectivity index (χ0n) is 11.5. The van der Waals surface area contributed by atoms with E-state index in [1.54, 1.807) is 13.2 Å². The van der Waals surface area contributed by atoms with Crippen molar-refractivity contribution in [2.45, 2.75) is 38.1 Å². The number of Topliss-reactive ketones (excluding diaryl/α,β-unsaturated/α-hetero) is 1. The average molecular weight is 282 g/mol. The number of carbonyl (C=O) groups excluding carboxylic acids is 1. The van der Waals surface area contributed by atoms with Crippen molar-refractivity contribution < 1.29 is 9.53 Å². The molecule has 0 bridgehead atoms. The summed E-state index contributed by atoms with van der Waals surface area (Å²) in [6, 6.07) is 5.39. The van der Waals surface area contributed by atoms with Crippen LogP contribution in [-0.4, -0.2) is 25.0 Å². The van der Waals surface area contributed by atoms with E-state index in [0.29, 0.717) is 11.4 Å². The van der Waals surface area contributed by atoms with Crippen LogP contribution in [0.3, 0.4) is 0 Å². The van der Waals surface area contributed by atoms with E-state index in [1.807, 2.05) is 19.1 Å². The minimum absolute atomic E-state index is 0.202. The molecule has 104 valence electrons. The van der Waals surface area contributed by atoms with Gasteiger partial charge in [0.25, 0.3) is 0 Å². The van der Waals surface area contributed by atoms with E-state index >= 15 is 0 Å². The van der Waals surface area contributed by atoms with Crippen LogP contribution >= 0.6 is 11.6 Å². The Morgan fingerprint density at radius 1 is 1.47 bits per heavy atom. The molecular weight excluding hydrogens is 262 g/mol. The van der Waals surface area contributed by atoms with Crippen molar-refractivity contribution in [1.29, 1.82) is 0 Å². The van der Waals surface area contributed by atoms with Gasteiger partial charge in [0.1, 0.15) is 5.75 Å². The van der Waals surface area contributed by atoms with Crippen LogP contribution < -0.4 is 10.1 Å². The van der Waals surface area contributed by atoms with Crippen molar-refractivity contribution in [3.63, 3.8) is 0 Å². The summed E-state index contributed by atoms with van der Waals surface area (Å²) in [5.74, 6) is 0.921. The number of hydrogen-bond donors (Lipinski definition) is 1. The second kappa shape index (κ2) is 5.93. The van der Waals surface area contributed by atoms with E-state index in [-0.39, 0.29) is 5.78 Å². The summed E-state index contributed by atoms with van der Waals surface area (Å²) in [7, 11) is 1.61. The monoisotopic (exact) mass is 281 g/mol. The van der Waals surface area contributed by atoms with Crippen LogP contribution in [0.1, 0.15) is 31.7 Å². The van der Waals surface area contributed by atoms with Gasteiger partial charge in [-0.05, 0) is 50.9 Å². The molecule has 0 radical (unpaired) electrons. The number of piperidine rings is 1. The van der Waals surface area contributed by atoms with E-state index in [1.165, 1.54) is 0 Å². The van der Waals surface area contributed by atoms with Gasteiger partial charge in [0.15, 0.2) is 5.78 Å². The summed E-state index contributed by atoms with van der Waals surface area (Å²) in [4.78, 5) is 12.5. The van der Waals surface area contributed by atoms with Crippen molar-refractivity contribution in [2.75, 3.05) is 13.7 Å². The minimum Gasteiger partial charge on any atom is -0.496 e. The Morgan fingerprint density at radius 2 is 2.26 bits per heavy atom. The molecule has 1 aromatic carbocycles. The summed E-state index contributed by atoms with van der Waals surface area (Å²) in [6.07, 6.45) is 3.49. The van der Waals surface area contributed by atoms with Crippen molar-refractivity contribution in [3.05, 3.63) is 28.8 Å². The first-order chi connectivity index (χ1) is 9.05. The van der Waals surface area contributed by atoms with Crippen LogP contribution in [0.25, 0.3) is 0 Å². The third-order valence-corrected chi connectivity index (χ3v) is 4.06. The number of ether oxygens (including phenoxy) is 1. The quantitative estimate of drug-likeness (QED) is 0.922. The predicted molar refractivity (Wildman–Crippen MR) is 77.0 cm³/mol. The lowest BCUT2D eigenvalue weighted by Crippen LogP contribution is -2.52. The van der Waals surface area contributed by atoms with Crippen molar-refractivity contribution >= 4 is 17.4 Å². The molecular formula is C15H20ClNO2. The number of rotatable bonds is 4. The van der Waals surface area contributed by atoms with Crippen molar-refractivity contribution in [1.82, 2.24) is 5.32 Å². The Hall–Kier alpha value is -1.06. The smallest absolute Gasteiger partial charge is 0.157 e. The van der Waals surface area contributed by atoms with E-state index in [0.717, 1.165) is 37.1 Å². The van der Waals surface area contributed by atoms with Gasteiger partial charge in [0.05, 0.1) is 12.6 Å². The average Bonchev–Trinajstić information content (AvgIpc) is 2.40. The van der Waals surface area contributed by atoms with Crippen LogP contribution in [0.15, 0.2) is 18.2 Å². The molecule has 19 heavy (non-hydrogen) atoms. The summed E-state index contributed by atoms with van der Waals surface area (Å²) >= 11 is 6.00. The molecule has 1 unspecified atom stereocenters. The van der Waals surface area contributed by atoms with Gasteiger partial charge in [-0.2, -0.15) is 0 Å². The fourth-order valence-corrected chi connectivity index (χ4v) is 2.74. The lowest BCUT2D eigenvalue weighted by atomic mass is 9.84. The maximum Gasteiger partial charge on any atom is 0.157 e. The van der Waals surface area contributed by atoms with E-state index in [9.17, 15) is 4.79 Å². The second-order valence-corrected chi connectivity index (χ2v) is 5.71. The summed E-state index contributed by atoms with van der Waals surface area (Å²) in [6.45, 7) is 2.90. The van der Waals surface area contributed by atoms with Crippen LogP contribution in [0.5, 0.6) is 5.75 Å². The molecule has 0 aromatic heterocycles. The number of carbonyl (C=O) groups is 1. The van der Waals surface area contributed by atoms with E-state index in [2.05, 4.69) is 5.32 Å². The van der Waals surface area contributed by atoms with Gasteiger partial charge < -0.3 is 10.1 Å². The highest BCUT2D eigenvalue weighted by atomic mass is 35.5. The van der Waals surface area contributed by atoms with Gasteiger partial charge in [-0.3, -0.25) is 4.79 Å². The van der Waals surface area contributed by atoms with Crippen LogP contribution in [0.4, 0.5) is 0 Å². The molecule has 1 saturated heterocycles. The molecule has 3 nitrogen and oxygen atoms in total. The standard InChI is InChI=1S/C15H20ClNO2/c1-15(7-3-4-8-17-15)14(18)10-11-9-12(16)5-6-13(11)19-2/h5-6,9,17H,3-4,7-8,10H2,1-2H3. The maximum absolute atomic E-state index is 12.5. The summed E-state index contributed by atoms with van der Waals surface area (Å²) in [5.41, 5.74) is 0.444. The highest BCUT2D eigenvalue weighted by Crippen LogP contribution is 2.27. The number of halogens is 1. The number of benzene rings is 1. The first-order valence-corrected chi connectivity index (χ1v) is 7.04. The first kappa shape index (κ1) is 14.4. The third kappa shape index (κ3) is 3.28. The van der Waals surface area contributed by atoms with Gasteiger partial charge in [-0.1, -0.05) is 11.6 Å². The van der Waals surface area contributed by atoms with Gasteiger partial charge in [0.2, 0.25) is 0 Å². The van der Waals surface area contributed by atoms with Gasteiger partial charge in [-0.25, -0.2) is 0 Å². The molecule has 0 spiro atoms. The topological polar surface area (TPSA) is 38.3 Å². The number of methoxy groups -OCH3 is 1. The second-order valence-electron chi connectivity index (χ2n) is 5.27. The van der Waals surface area contributed by atoms with Crippen LogP contribution in [0, 0.1) is 0 Å². The summed E-state index contributed by atoms with van der Waals surface area (Å²) in [5, 5.41) is 3.97. The lowest BCUT2D eigenvalue weighted by molar-refractivity contribution is -0.125.